The number of nitrogens with one attached hydrogen (secondary N) is 1. The largest absolute Gasteiger partial charge is 0.481 e. The third kappa shape index (κ3) is 1.59. The molecule has 2 saturated heterocycles. The second-order valence-electron chi connectivity index (χ2n) is 3.90. The van der Waals surface area contributed by atoms with Crippen molar-refractivity contribution in [3.63, 3.8) is 0 Å². The van der Waals surface area contributed by atoms with Crippen molar-refractivity contribution in [1.29, 1.82) is 0 Å². The highest BCUT2D eigenvalue weighted by molar-refractivity contribution is 5.83. The first kappa shape index (κ1) is 9.45. The summed E-state index contributed by atoms with van der Waals surface area (Å²) >= 11 is 0. The minimum Gasteiger partial charge on any atom is -0.481 e. The van der Waals surface area contributed by atoms with E-state index >= 15 is 0 Å². The number of carboxylic acid groups (broad SMARTS) is 1. The Morgan fingerprint density at radius 1 is 1.50 bits per heavy atom. The number of hydrogen-bond acceptors (Lipinski definition) is 3. The molecule has 2 atom stereocenters. The number of amides is 1. The van der Waals surface area contributed by atoms with E-state index < -0.39 is 5.97 Å². The van der Waals surface area contributed by atoms with Crippen molar-refractivity contribution in [2.75, 3.05) is 19.6 Å². The van der Waals surface area contributed by atoms with Gasteiger partial charge in [0.1, 0.15) is 0 Å². The number of nitrogens with zero attached hydrogens (tertiary/aromatic N) is 1. The normalized spacial score (nSPS) is 33.3. The van der Waals surface area contributed by atoms with E-state index in [0.717, 1.165) is 13.1 Å². The van der Waals surface area contributed by atoms with Gasteiger partial charge in [0.15, 0.2) is 0 Å². The van der Waals surface area contributed by atoms with E-state index in [9.17, 15) is 9.59 Å². The van der Waals surface area contributed by atoms with Crippen LogP contribution in [0.1, 0.15) is 12.8 Å². The van der Waals surface area contributed by atoms with Crippen LogP contribution in [0.4, 0.5) is 0 Å². The molecule has 2 aliphatic heterocycles. The number of carbonyl (C=O) groups is 2. The molecule has 78 valence electrons. The molecular weight excluding hydrogens is 184 g/mol. The van der Waals surface area contributed by atoms with Crippen LogP contribution in [0.2, 0.25) is 0 Å². The van der Waals surface area contributed by atoms with E-state index in [1.165, 1.54) is 0 Å². The maximum Gasteiger partial charge on any atom is 0.306 e. The van der Waals surface area contributed by atoms with Crippen LogP contribution < -0.4 is 5.32 Å². The van der Waals surface area contributed by atoms with Gasteiger partial charge in [0, 0.05) is 13.1 Å². The first-order valence-corrected chi connectivity index (χ1v) is 4.93. The molecule has 2 fully saturated rings. The minimum atomic E-state index is -0.775. The Morgan fingerprint density at radius 3 is 3.00 bits per heavy atom. The molecule has 5 heteroatoms. The molecule has 14 heavy (non-hydrogen) atoms. The molecule has 2 unspecified atom stereocenters. The lowest BCUT2D eigenvalue weighted by Crippen LogP contribution is -2.58. The van der Waals surface area contributed by atoms with Gasteiger partial charge in [0.2, 0.25) is 5.91 Å². The fourth-order valence-electron chi connectivity index (χ4n) is 2.22. The topological polar surface area (TPSA) is 69.6 Å². The van der Waals surface area contributed by atoms with E-state index in [0.29, 0.717) is 19.4 Å². The predicted octanol–water partition coefficient (Wildman–Crippen LogP) is -0.719. The Hall–Kier alpha value is -1.10. The number of piperazine rings is 1. The summed E-state index contributed by atoms with van der Waals surface area (Å²) in [6.45, 7) is 2.27. The van der Waals surface area contributed by atoms with Crippen molar-refractivity contribution in [3.8, 4) is 0 Å². The predicted molar refractivity (Wildman–Crippen MR) is 48.7 cm³/mol. The lowest BCUT2D eigenvalue weighted by atomic mass is 9.89. The molecule has 2 N–H and O–H groups in total. The van der Waals surface area contributed by atoms with Gasteiger partial charge in [-0.1, -0.05) is 0 Å². The van der Waals surface area contributed by atoms with Gasteiger partial charge >= 0.3 is 5.97 Å². The van der Waals surface area contributed by atoms with Crippen molar-refractivity contribution in [2.45, 2.75) is 18.9 Å². The van der Waals surface area contributed by atoms with Crippen LogP contribution in [0.15, 0.2) is 0 Å². The summed E-state index contributed by atoms with van der Waals surface area (Å²) in [5.74, 6) is -1.13. The molecule has 0 aliphatic carbocycles. The second-order valence-corrected chi connectivity index (χ2v) is 3.90. The molecule has 1 amide bonds. The third-order valence-corrected chi connectivity index (χ3v) is 3.06. The van der Waals surface area contributed by atoms with Gasteiger partial charge in [-0.2, -0.15) is 0 Å². The van der Waals surface area contributed by atoms with E-state index in [1.54, 1.807) is 0 Å². The van der Waals surface area contributed by atoms with Crippen LogP contribution in [0.5, 0.6) is 0 Å². The number of aliphatic carboxylic acids is 1. The van der Waals surface area contributed by atoms with E-state index in [4.69, 9.17) is 5.11 Å². The SMILES string of the molecule is O=C(O)C1CCN2CCNC(=O)C2C1. The summed E-state index contributed by atoms with van der Waals surface area (Å²) < 4.78 is 0. The summed E-state index contributed by atoms with van der Waals surface area (Å²) in [5, 5.41) is 11.6. The molecule has 0 aromatic heterocycles. The van der Waals surface area contributed by atoms with Crippen LogP contribution in [0, 0.1) is 5.92 Å². The summed E-state index contributed by atoms with van der Waals surface area (Å²) in [4.78, 5) is 24.3. The highest BCUT2D eigenvalue weighted by atomic mass is 16.4. The number of fused-ring (bicyclic) bond motifs is 1. The first-order chi connectivity index (χ1) is 6.68. The van der Waals surface area contributed by atoms with Gasteiger partial charge in [-0.15, -0.1) is 0 Å². The Labute approximate surface area is 82.1 Å². The minimum absolute atomic E-state index is 0.0119. The molecule has 2 rings (SSSR count). The van der Waals surface area contributed by atoms with Crippen molar-refractivity contribution < 1.29 is 14.7 Å². The highest BCUT2D eigenvalue weighted by Crippen LogP contribution is 2.24. The van der Waals surface area contributed by atoms with Gasteiger partial charge in [-0.25, -0.2) is 0 Å². The second kappa shape index (κ2) is 3.57. The van der Waals surface area contributed by atoms with E-state index in [2.05, 4.69) is 10.2 Å². The van der Waals surface area contributed by atoms with Crippen LogP contribution in [-0.2, 0) is 9.59 Å². The zero-order chi connectivity index (χ0) is 10.1. The monoisotopic (exact) mass is 198 g/mol. The summed E-state index contributed by atoms with van der Waals surface area (Å²) in [5.41, 5.74) is 0. The molecule has 0 bridgehead atoms. The van der Waals surface area contributed by atoms with Crippen LogP contribution in [0.25, 0.3) is 0 Å². The third-order valence-electron chi connectivity index (χ3n) is 3.06. The molecule has 0 aromatic carbocycles. The average Bonchev–Trinajstić information content (AvgIpc) is 2.18. The fourth-order valence-corrected chi connectivity index (χ4v) is 2.22. The van der Waals surface area contributed by atoms with E-state index in [-0.39, 0.29) is 17.9 Å². The van der Waals surface area contributed by atoms with Crippen LogP contribution in [0.3, 0.4) is 0 Å². The maximum atomic E-state index is 11.5. The lowest BCUT2D eigenvalue weighted by Gasteiger charge is -2.40. The van der Waals surface area contributed by atoms with Gasteiger partial charge in [-0.05, 0) is 19.4 Å². The smallest absolute Gasteiger partial charge is 0.306 e. The van der Waals surface area contributed by atoms with Gasteiger partial charge in [-0.3, -0.25) is 14.5 Å². The zero-order valence-electron chi connectivity index (χ0n) is 7.90. The van der Waals surface area contributed by atoms with Crippen LogP contribution in [-0.4, -0.2) is 47.6 Å². The molecule has 0 spiro atoms. The van der Waals surface area contributed by atoms with Gasteiger partial charge in [0.05, 0.1) is 12.0 Å². The Balaban J connectivity index is 2.05. The van der Waals surface area contributed by atoms with Crippen LogP contribution >= 0.6 is 0 Å². The van der Waals surface area contributed by atoms with Crippen molar-refractivity contribution in [2.24, 2.45) is 5.92 Å². The molecular formula is C9H14N2O3. The maximum absolute atomic E-state index is 11.5. The zero-order valence-corrected chi connectivity index (χ0v) is 7.90. The molecule has 2 heterocycles. The summed E-state index contributed by atoms with van der Waals surface area (Å²) in [6.07, 6.45) is 1.13. The number of rotatable bonds is 1. The Morgan fingerprint density at radius 2 is 2.29 bits per heavy atom. The van der Waals surface area contributed by atoms with Gasteiger partial charge in [0.25, 0.3) is 0 Å². The van der Waals surface area contributed by atoms with Crippen molar-refractivity contribution >= 4 is 11.9 Å². The number of piperidine rings is 1. The number of carbonyl (C=O) groups excluding carboxylic acids is 1. The van der Waals surface area contributed by atoms with Crippen molar-refractivity contribution in [1.82, 2.24) is 10.2 Å². The molecule has 0 saturated carbocycles. The fraction of sp³-hybridized carbons (Fsp3) is 0.778. The summed E-state index contributed by atoms with van der Waals surface area (Å²) in [7, 11) is 0. The summed E-state index contributed by atoms with van der Waals surface area (Å²) in [6, 6.07) is -0.210. The molecule has 0 radical (unpaired) electrons. The standard InChI is InChI=1S/C9H14N2O3/c12-8-7-5-6(9(13)14)1-3-11(7)4-2-10-8/h6-7H,1-5H2,(H,10,12)(H,13,14). The molecule has 0 aromatic rings. The average molecular weight is 198 g/mol. The number of carboxylic acids is 1. The molecule has 2 aliphatic rings. The Bertz CT molecular complexity index is 267. The highest BCUT2D eigenvalue weighted by Gasteiger charge is 2.37. The van der Waals surface area contributed by atoms with E-state index in [1.807, 2.05) is 0 Å². The molecule has 5 nitrogen and oxygen atoms in total. The first-order valence-electron chi connectivity index (χ1n) is 4.93. The quantitative estimate of drug-likeness (QED) is 0.583. The van der Waals surface area contributed by atoms with Gasteiger partial charge < -0.3 is 10.4 Å². The lowest BCUT2D eigenvalue weighted by molar-refractivity contribution is -0.146. The Kier molecular flexibility index (Phi) is 2.41. The van der Waals surface area contributed by atoms with Crippen molar-refractivity contribution in [3.05, 3.63) is 0 Å². The number of hydrogen-bond donors (Lipinski definition) is 2.